The third-order valence-corrected chi connectivity index (χ3v) is 6.96. The van der Waals surface area contributed by atoms with Crippen LogP contribution in [0.25, 0.3) is 0 Å². The summed E-state index contributed by atoms with van der Waals surface area (Å²) in [5, 5.41) is 12.6. The standard InChI is InChI=1S/C26H20BrN3O2S/c1-17-7-11-20(12-8-17)29-24(31)22(16-28)26-30(21-13-9-19(27)10-14-21)25(32)23(33-26)15-18-5-3-2-4-6-18/h2-14,23H,15H2,1H3,(H,29,31)/b26-22-/t23-/m1/s1. The highest BCUT2D eigenvalue weighted by molar-refractivity contribution is 9.10. The van der Waals surface area contributed by atoms with Crippen molar-refractivity contribution in [2.24, 2.45) is 0 Å². The van der Waals surface area contributed by atoms with Crippen molar-refractivity contribution in [2.75, 3.05) is 10.2 Å². The lowest BCUT2D eigenvalue weighted by Crippen LogP contribution is -2.30. The second kappa shape index (κ2) is 10.1. The van der Waals surface area contributed by atoms with Gasteiger partial charge in [-0.2, -0.15) is 5.26 Å². The van der Waals surface area contributed by atoms with Crippen molar-refractivity contribution in [3.05, 3.63) is 105 Å². The summed E-state index contributed by atoms with van der Waals surface area (Å²) in [5.74, 6) is -0.698. The van der Waals surface area contributed by atoms with E-state index in [1.165, 1.54) is 16.7 Å². The Kier molecular flexibility index (Phi) is 6.97. The van der Waals surface area contributed by atoms with Gasteiger partial charge in [0.05, 0.1) is 5.25 Å². The van der Waals surface area contributed by atoms with Crippen LogP contribution in [-0.4, -0.2) is 17.1 Å². The molecule has 0 saturated carbocycles. The Hall–Kier alpha value is -3.34. The molecule has 1 aliphatic heterocycles. The first kappa shape index (κ1) is 22.8. The summed E-state index contributed by atoms with van der Waals surface area (Å²) >= 11 is 4.67. The molecule has 0 aliphatic carbocycles. The molecule has 2 amide bonds. The SMILES string of the molecule is Cc1ccc(NC(=O)/C(C#N)=C2\S[C@H](Cc3ccccc3)C(=O)N2c2ccc(Br)cc2)cc1. The van der Waals surface area contributed by atoms with E-state index in [9.17, 15) is 14.9 Å². The third kappa shape index (κ3) is 5.19. The Bertz CT molecular complexity index is 1250. The first-order chi connectivity index (χ1) is 16.0. The fourth-order valence-electron chi connectivity index (χ4n) is 3.47. The first-order valence-corrected chi connectivity index (χ1v) is 12.0. The van der Waals surface area contributed by atoms with Gasteiger partial charge < -0.3 is 5.32 Å². The number of thioether (sulfide) groups is 1. The number of benzene rings is 3. The van der Waals surface area contributed by atoms with Gasteiger partial charge in [0.15, 0.2) is 0 Å². The fraction of sp³-hybridized carbons (Fsp3) is 0.115. The Balaban J connectivity index is 1.72. The molecule has 4 rings (SSSR count). The molecule has 0 aromatic heterocycles. The van der Waals surface area contributed by atoms with Crippen LogP contribution >= 0.6 is 27.7 Å². The maximum Gasteiger partial charge on any atom is 0.269 e. The van der Waals surface area contributed by atoms with Gasteiger partial charge >= 0.3 is 0 Å². The zero-order chi connectivity index (χ0) is 23.4. The van der Waals surface area contributed by atoms with Crippen molar-refractivity contribution in [1.29, 1.82) is 5.26 Å². The number of nitrogens with zero attached hydrogens (tertiary/aromatic N) is 2. The van der Waals surface area contributed by atoms with Crippen molar-refractivity contribution in [1.82, 2.24) is 0 Å². The summed E-state index contributed by atoms with van der Waals surface area (Å²) < 4.78 is 0.870. The molecular formula is C26H20BrN3O2S. The molecule has 1 heterocycles. The van der Waals surface area contributed by atoms with Crippen LogP contribution in [0.2, 0.25) is 0 Å². The molecule has 5 nitrogen and oxygen atoms in total. The number of rotatable bonds is 5. The molecule has 3 aromatic carbocycles. The molecule has 1 saturated heterocycles. The minimum Gasteiger partial charge on any atom is -0.321 e. The number of anilines is 2. The molecule has 3 aromatic rings. The van der Waals surface area contributed by atoms with Crippen molar-refractivity contribution in [3.8, 4) is 6.07 Å². The first-order valence-electron chi connectivity index (χ1n) is 10.3. The summed E-state index contributed by atoms with van der Waals surface area (Å²) in [7, 11) is 0. The van der Waals surface area contributed by atoms with Gasteiger partial charge in [0, 0.05) is 15.8 Å². The Morgan fingerprint density at radius 1 is 1.06 bits per heavy atom. The molecule has 1 fully saturated rings. The van der Waals surface area contributed by atoms with Crippen LogP contribution < -0.4 is 10.2 Å². The Morgan fingerprint density at radius 2 is 1.73 bits per heavy atom. The molecule has 164 valence electrons. The van der Waals surface area contributed by atoms with Gasteiger partial charge in [0.1, 0.15) is 16.7 Å². The molecule has 0 unspecified atom stereocenters. The van der Waals surface area contributed by atoms with Crippen molar-refractivity contribution in [2.45, 2.75) is 18.6 Å². The van der Waals surface area contributed by atoms with Crippen molar-refractivity contribution >= 4 is 50.9 Å². The minimum absolute atomic E-state index is 0.0904. The molecule has 0 radical (unpaired) electrons. The topological polar surface area (TPSA) is 73.2 Å². The van der Waals surface area contributed by atoms with Gasteiger partial charge in [-0.15, -0.1) is 0 Å². The molecule has 1 aliphatic rings. The number of carbonyl (C=O) groups excluding carboxylic acids is 2. The summed E-state index contributed by atoms with van der Waals surface area (Å²) in [5.41, 5.74) is 3.19. The van der Waals surface area contributed by atoms with Gasteiger partial charge in [-0.25, -0.2) is 0 Å². The van der Waals surface area contributed by atoms with E-state index in [1.807, 2.05) is 67.6 Å². The molecule has 33 heavy (non-hydrogen) atoms. The minimum atomic E-state index is -0.542. The van der Waals surface area contributed by atoms with Crippen LogP contribution in [0.4, 0.5) is 11.4 Å². The zero-order valence-electron chi connectivity index (χ0n) is 17.8. The summed E-state index contributed by atoms with van der Waals surface area (Å²) in [6, 6.07) is 26.3. The lowest BCUT2D eigenvalue weighted by molar-refractivity contribution is -0.117. The number of amides is 2. The van der Waals surface area contributed by atoms with Crippen LogP contribution in [0.3, 0.4) is 0 Å². The van der Waals surface area contributed by atoms with Gasteiger partial charge in [-0.1, -0.05) is 75.7 Å². The lowest BCUT2D eigenvalue weighted by Gasteiger charge is -2.19. The van der Waals surface area contributed by atoms with E-state index < -0.39 is 11.2 Å². The summed E-state index contributed by atoms with van der Waals surface area (Å²) in [4.78, 5) is 28.0. The van der Waals surface area contributed by atoms with Crippen LogP contribution in [0.1, 0.15) is 11.1 Å². The van der Waals surface area contributed by atoms with E-state index >= 15 is 0 Å². The second-order valence-corrected chi connectivity index (χ2v) is 9.67. The van der Waals surface area contributed by atoms with E-state index in [-0.39, 0.29) is 11.5 Å². The number of hydrogen-bond acceptors (Lipinski definition) is 4. The van der Waals surface area contributed by atoms with Crippen molar-refractivity contribution < 1.29 is 9.59 Å². The number of aryl methyl sites for hydroxylation is 1. The average molecular weight is 518 g/mol. The maximum atomic E-state index is 13.5. The number of halogens is 1. The highest BCUT2D eigenvalue weighted by Gasteiger charge is 2.40. The van der Waals surface area contributed by atoms with Gasteiger partial charge in [-0.05, 0) is 55.3 Å². The molecule has 0 bridgehead atoms. The largest absolute Gasteiger partial charge is 0.321 e. The number of nitrogens with one attached hydrogen (secondary N) is 1. The van der Waals surface area contributed by atoms with Crippen LogP contribution in [0.15, 0.2) is 93.9 Å². The number of carbonyl (C=O) groups is 2. The van der Waals surface area contributed by atoms with E-state index in [0.717, 1.165) is 15.6 Å². The molecule has 0 spiro atoms. The maximum absolute atomic E-state index is 13.5. The van der Waals surface area contributed by atoms with Crippen LogP contribution in [0.5, 0.6) is 0 Å². The van der Waals surface area contributed by atoms with E-state index in [1.54, 1.807) is 24.3 Å². The third-order valence-electron chi connectivity index (χ3n) is 5.16. The fourth-order valence-corrected chi connectivity index (χ4v) is 5.04. The number of nitriles is 1. The predicted octanol–water partition coefficient (Wildman–Crippen LogP) is 5.82. The molecule has 7 heteroatoms. The zero-order valence-corrected chi connectivity index (χ0v) is 20.2. The summed E-state index contributed by atoms with van der Waals surface area (Å²) in [6.45, 7) is 1.96. The summed E-state index contributed by atoms with van der Waals surface area (Å²) in [6.07, 6.45) is 0.499. The quantitative estimate of drug-likeness (QED) is 0.341. The van der Waals surface area contributed by atoms with Crippen LogP contribution in [0, 0.1) is 18.3 Å². The smallest absolute Gasteiger partial charge is 0.269 e. The van der Waals surface area contributed by atoms with E-state index in [2.05, 4.69) is 21.2 Å². The van der Waals surface area contributed by atoms with E-state index in [4.69, 9.17) is 0 Å². The highest BCUT2D eigenvalue weighted by Crippen LogP contribution is 2.42. The number of hydrogen-bond donors (Lipinski definition) is 1. The normalized spacial score (nSPS) is 16.9. The highest BCUT2D eigenvalue weighted by atomic mass is 79.9. The Morgan fingerprint density at radius 3 is 2.36 bits per heavy atom. The second-order valence-electron chi connectivity index (χ2n) is 7.56. The van der Waals surface area contributed by atoms with Crippen molar-refractivity contribution in [3.63, 3.8) is 0 Å². The van der Waals surface area contributed by atoms with Crippen LogP contribution in [-0.2, 0) is 16.0 Å². The molecular weight excluding hydrogens is 498 g/mol. The monoisotopic (exact) mass is 517 g/mol. The van der Waals surface area contributed by atoms with Gasteiger partial charge in [0.25, 0.3) is 5.91 Å². The Labute approximate surface area is 205 Å². The molecule has 1 N–H and O–H groups in total. The van der Waals surface area contributed by atoms with Gasteiger partial charge in [0.2, 0.25) is 5.91 Å². The predicted molar refractivity (Wildman–Crippen MR) is 136 cm³/mol. The van der Waals surface area contributed by atoms with Gasteiger partial charge in [-0.3, -0.25) is 14.5 Å². The lowest BCUT2D eigenvalue weighted by atomic mass is 10.1. The van der Waals surface area contributed by atoms with E-state index in [0.29, 0.717) is 22.8 Å². The molecule has 1 atom stereocenters. The average Bonchev–Trinajstić information content (AvgIpc) is 3.12.